The Labute approximate surface area is 289 Å². The minimum absolute atomic E-state index is 0.0699. The lowest BCUT2D eigenvalue weighted by atomic mass is 9.86. The highest BCUT2D eigenvalue weighted by atomic mass is 32.1. The van der Waals surface area contributed by atoms with Crippen LogP contribution in [0.1, 0.15) is 26.3 Å². The lowest BCUT2D eigenvalue weighted by Crippen LogP contribution is -2.10. The van der Waals surface area contributed by atoms with Crippen molar-refractivity contribution in [2.24, 2.45) is 0 Å². The summed E-state index contributed by atoms with van der Waals surface area (Å²) in [4.78, 5) is 0. The number of nitrogens with zero attached hydrogens (tertiary/aromatic N) is 2. The quantitative estimate of drug-likeness (QED) is 0.181. The van der Waals surface area contributed by atoms with Gasteiger partial charge in [0.05, 0.1) is 22.1 Å². The second-order valence-electron chi connectivity index (χ2n) is 14.2. The van der Waals surface area contributed by atoms with Crippen LogP contribution in [-0.4, -0.2) is 9.13 Å². The molecule has 0 saturated carbocycles. The van der Waals surface area contributed by atoms with Crippen LogP contribution in [0.2, 0.25) is 0 Å². The fraction of sp³-hybridized carbons (Fsp3) is 0.0870. The zero-order valence-electron chi connectivity index (χ0n) is 27.7. The average molecular weight is 647 g/mol. The zero-order chi connectivity index (χ0) is 32.9. The molecule has 49 heavy (non-hydrogen) atoms. The van der Waals surface area contributed by atoms with E-state index in [1.807, 2.05) is 11.3 Å². The number of hydrogen-bond donors (Lipinski definition) is 0. The molecule has 0 fully saturated rings. The molecule has 0 spiro atoms. The van der Waals surface area contributed by atoms with Crippen LogP contribution in [0.4, 0.5) is 0 Å². The van der Waals surface area contributed by atoms with Crippen molar-refractivity contribution in [1.82, 2.24) is 9.13 Å². The van der Waals surface area contributed by atoms with E-state index in [9.17, 15) is 0 Å². The van der Waals surface area contributed by atoms with E-state index >= 15 is 0 Å². The molecule has 3 aromatic heterocycles. The van der Waals surface area contributed by atoms with Gasteiger partial charge in [0.15, 0.2) is 0 Å². The van der Waals surface area contributed by atoms with Gasteiger partial charge in [0.25, 0.3) is 0 Å². The number of para-hydroxylation sites is 2. The average Bonchev–Trinajstić information content (AvgIpc) is 3.77. The standard InChI is InChI=1S/C46H34N2S/c1-46(2,3)31-20-24-42-37(26-31)38-28-45-39(35-14-8-10-16-44(35)49-45)27-43(38)48(42)33-21-17-29(18-22-33)30-19-23-41-36(25-30)34-13-7-9-15-40(34)47(41)32-11-5-4-6-12-32/h4-28H,1-3H3. The van der Waals surface area contributed by atoms with Crippen molar-refractivity contribution >= 4 is 75.1 Å². The summed E-state index contributed by atoms with van der Waals surface area (Å²) in [6.45, 7) is 6.90. The van der Waals surface area contributed by atoms with Gasteiger partial charge in [-0.25, -0.2) is 0 Å². The second-order valence-corrected chi connectivity index (χ2v) is 15.3. The molecule has 2 nitrogen and oxygen atoms in total. The molecule has 0 amide bonds. The molecule has 234 valence electrons. The van der Waals surface area contributed by atoms with E-state index in [1.54, 1.807) is 0 Å². The Balaban J connectivity index is 1.15. The van der Waals surface area contributed by atoms with Gasteiger partial charge >= 0.3 is 0 Å². The summed E-state index contributed by atoms with van der Waals surface area (Å²) in [5.74, 6) is 0. The summed E-state index contributed by atoms with van der Waals surface area (Å²) in [7, 11) is 0. The van der Waals surface area contributed by atoms with Crippen molar-refractivity contribution in [2.75, 3.05) is 0 Å². The zero-order valence-corrected chi connectivity index (χ0v) is 28.6. The van der Waals surface area contributed by atoms with Gasteiger partial charge in [-0.2, -0.15) is 0 Å². The third kappa shape index (κ3) is 4.32. The van der Waals surface area contributed by atoms with Crippen LogP contribution >= 0.6 is 11.3 Å². The molecule has 3 heteroatoms. The summed E-state index contributed by atoms with van der Waals surface area (Å²) < 4.78 is 7.51. The molecule has 3 heterocycles. The first kappa shape index (κ1) is 28.4. The highest BCUT2D eigenvalue weighted by Gasteiger charge is 2.20. The highest BCUT2D eigenvalue weighted by Crippen LogP contribution is 2.42. The first-order chi connectivity index (χ1) is 23.9. The van der Waals surface area contributed by atoms with Gasteiger partial charge in [-0.1, -0.05) is 99.6 Å². The summed E-state index contributed by atoms with van der Waals surface area (Å²) in [5, 5.41) is 7.82. The van der Waals surface area contributed by atoms with Crippen LogP contribution in [0.15, 0.2) is 152 Å². The first-order valence-electron chi connectivity index (χ1n) is 17.0. The SMILES string of the molecule is CC(C)(C)c1ccc2c(c1)c1cc3sc4ccccc4c3cc1n2-c1ccc(-c2ccc3c(c2)c2ccccc2n3-c2ccccc2)cc1. The van der Waals surface area contributed by atoms with Crippen molar-refractivity contribution in [3.8, 4) is 22.5 Å². The summed E-state index contributed by atoms with van der Waals surface area (Å²) in [6.07, 6.45) is 0. The van der Waals surface area contributed by atoms with E-state index in [0.29, 0.717) is 0 Å². The number of fused-ring (bicyclic) bond motifs is 9. The highest BCUT2D eigenvalue weighted by molar-refractivity contribution is 7.25. The lowest BCUT2D eigenvalue weighted by molar-refractivity contribution is 0.591. The van der Waals surface area contributed by atoms with Gasteiger partial charge in [-0.15, -0.1) is 11.3 Å². The predicted molar refractivity (Wildman–Crippen MR) is 212 cm³/mol. The molecule has 0 atom stereocenters. The van der Waals surface area contributed by atoms with Crippen molar-refractivity contribution in [3.05, 3.63) is 157 Å². The Hall–Kier alpha value is -5.64. The van der Waals surface area contributed by atoms with Gasteiger partial charge in [-0.05, 0) is 94.9 Å². The Kier molecular flexibility index (Phi) is 6.04. The molecule has 0 bridgehead atoms. The molecule has 7 aromatic carbocycles. The Morgan fingerprint density at radius 3 is 1.78 bits per heavy atom. The largest absolute Gasteiger partial charge is 0.309 e. The van der Waals surface area contributed by atoms with E-state index in [1.165, 1.54) is 91.8 Å². The predicted octanol–water partition coefficient (Wildman–Crippen LogP) is 13.2. The number of thiophene rings is 1. The van der Waals surface area contributed by atoms with Crippen molar-refractivity contribution in [3.63, 3.8) is 0 Å². The van der Waals surface area contributed by atoms with Gasteiger partial charge < -0.3 is 9.13 Å². The third-order valence-corrected chi connectivity index (χ3v) is 11.4. The lowest BCUT2D eigenvalue weighted by Gasteiger charge is -2.19. The van der Waals surface area contributed by atoms with E-state index in [0.717, 1.165) is 0 Å². The Bertz CT molecular complexity index is 2890. The number of aromatic nitrogens is 2. The first-order valence-corrected chi connectivity index (χ1v) is 17.8. The fourth-order valence-electron chi connectivity index (χ4n) is 7.79. The van der Waals surface area contributed by atoms with E-state index in [4.69, 9.17) is 0 Å². The molecule has 0 aliphatic carbocycles. The molecule has 10 aromatic rings. The van der Waals surface area contributed by atoms with Gasteiger partial charge in [-0.3, -0.25) is 0 Å². The molecule has 0 aliphatic heterocycles. The van der Waals surface area contributed by atoms with Crippen LogP contribution in [0.5, 0.6) is 0 Å². The molecule has 0 unspecified atom stereocenters. The monoisotopic (exact) mass is 646 g/mol. The van der Waals surface area contributed by atoms with E-state index in [-0.39, 0.29) is 5.41 Å². The molecular formula is C46H34N2S. The van der Waals surface area contributed by atoms with Crippen LogP contribution in [0.3, 0.4) is 0 Å². The molecular weight excluding hydrogens is 613 g/mol. The van der Waals surface area contributed by atoms with Crippen LogP contribution in [-0.2, 0) is 5.41 Å². The maximum atomic E-state index is 2.46. The summed E-state index contributed by atoms with van der Waals surface area (Å²) in [5.41, 5.74) is 11.2. The molecule has 10 rings (SSSR count). The summed E-state index contributed by atoms with van der Waals surface area (Å²) in [6, 6.07) is 56.1. The molecule has 0 N–H and O–H groups in total. The number of benzene rings is 7. The smallest absolute Gasteiger partial charge is 0.0548 e. The molecule has 0 radical (unpaired) electrons. The molecule has 0 saturated heterocycles. The van der Waals surface area contributed by atoms with Gasteiger partial charge in [0.1, 0.15) is 0 Å². The van der Waals surface area contributed by atoms with E-state index < -0.39 is 0 Å². The van der Waals surface area contributed by atoms with Crippen molar-refractivity contribution in [1.29, 1.82) is 0 Å². The topological polar surface area (TPSA) is 9.86 Å². The molecule has 0 aliphatic rings. The van der Waals surface area contributed by atoms with E-state index in [2.05, 4.69) is 182 Å². The maximum Gasteiger partial charge on any atom is 0.0548 e. The third-order valence-electron chi connectivity index (χ3n) is 10.3. The maximum absolute atomic E-state index is 2.46. The number of rotatable bonds is 3. The minimum Gasteiger partial charge on any atom is -0.309 e. The van der Waals surface area contributed by atoms with Crippen LogP contribution < -0.4 is 0 Å². The minimum atomic E-state index is 0.0699. The second kappa shape index (κ2) is 10.4. The Morgan fingerprint density at radius 1 is 0.388 bits per heavy atom. The fourth-order valence-corrected chi connectivity index (χ4v) is 8.92. The van der Waals surface area contributed by atoms with Gasteiger partial charge in [0.2, 0.25) is 0 Å². The van der Waals surface area contributed by atoms with Crippen molar-refractivity contribution in [2.45, 2.75) is 26.2 Å². The Morgan fingerprint density at radius 2 is 0.980 bits per heavy atom. The van der Waals surface area contributed by atoms with Crippen molar-refractivity contribution < 1.29 is 0 Å². The van der Waals surface area contributed by atoms with Crippen LogP contribution in [0, 0.1) is 0 Å². The summed E-state index contributed by atoms with van der Waals surface area (Å²) >= 11 is 1.89. The normalized spacial score (nSPS) is 12.4. The van der Waals surface area contributed by atoms with Crippen LogP contribution in [0.25, 0.3) is 86.3 Å². The van der Waals surface area contributed by atoms with Gasteiger partial charge in [0, 0.05) is 53.1 Å². The number of hydrogen-bond acceptors (Lipinski definition) is 1.